The van der Waals surface area contributed by atoms with Crippen LogP contribution in [0.4, 0.5) is 61.5 Å². The molecule has 1 N–H and O–H groups in total. The van der Waals surface area contributed by atoms with E-state index in [1.54, 1.807) is 0 Å². The van der Waals surface area contributed by atoms with E-state index in [1.807, 2.05) is 0 Å². The van der Waals surface area contributed by atoms with Crippen molar-refractivity contribution in [3.63, 3.8) is 0 Å². The van der Waals surface area contributed by atoms with E-state index in [2.05, 4.69) is 0 Å². The normalized spacial score (nSPS) is 16.3. The highest BCUT2D eigenvalue weighted by molar-refractivity contribution is 8.05. The van der Waals surface area contributed by atoms with Gasteiger partial charge < -0.3 is 0 Å². The summed E-state index contributed by atoms with van der Waals surface area (Å²) in [5, 5.41) is -15.1. The van der Waals surface area contributed by atoms with Crippen LogP contribution >= 0.6 is 0 Å². The lowest BCUT2D eigenvalue weighted by Crippen LogP contribution is -2.65. The maximum atomic E-state index is 13.9. The Bertz CT molecular complexity index is 1120. The summed E-state index contributed by atoms with van der Waals surface area (Å²) in [6, 6.07) is 3.13. The van der Waals surface area contributed by atoms with Gasteiger partial charge in [-0.1, -0.05) is 34.5 Å². The number of sulfonamides is 2. The van der Waals surface area contributed by atoms with Crippen molar-refractivity contribution in [2.75, 3.05) is 6.67 Å². The van der Waals surface area contributed by atoms with Crippen LogP contribution in [0.1, 0.15) is 11.7 Å². The molecule has 0 aliphatic heterocycles. The highest BCUT2D eigenvalue weighted by Crippen LogP contribution is 2.55. The number of nitrogens with one attached hydrogen (secondary N) is 1. The molecule has 0 spiro atoms. The average Bonchev–Trinajstić information content (AvgIpc) is 2.72. The highest BCUT2D eigenvalue weighted by atomic mass is 32.3. The Morgan fingerprint density at radius 1 is 0.686 bits per heavy atom. The van der Waals surface area contributed by atoms with Crippen molar-refractivity contribution in [2.24, 2.45) is 0 Å². The van der Waals surface area contributed by atoms with E-state index in [1.165, 1.54) is 0 Å². The number of halogens is 14. The van der Waals surface area contributed by atoms with E-state index in [0.717, 1.165) is 18.2 Å². The molecule has 0 fully saturated rings. The molecule has 1 unspecified atom stereocenters. The van der Waals surface area contributed by atoms with Crippen molar-refractivity contribution in [1.29, 1.82) is 0 Å². The van der Waals surface area contributed by atoms with Gasteiger partial charge in [0.05, 0.1) is 0 Å². The Kier molecular flexibility index (Phi) is 7.91. The van der Waals surface area contributed by atoms with Crippen LogP contribution in [0.2, 0.25) is 0 Å². The fourth-order valence-corrected chi connectivity index (χ4v) is 5.02. The van der Waals surface area contributed by atoms with Crippen LogP contribution < -0.4 is 4.13 Å². The molecule has 0 heterocycles. The predicted molar refractivity (Wildman–Crippen MR) is 86.9 cm³/mol. The molecular weight excluding hydrogens is 576 g/mol. The molecule has 5 nitrogen and oxygen atoms in total. The Morgan fingerprint density at radius 3 is 1.43 bits per heavy atom. The van der Waals surface area contributed by atoms with Gasteiger partial charge in [-0.05, 0) is 5.56 Å². The number of rotatable bonds is 11. The minimum absolute atomic E-state index is 0.331. The van der Waals surface area contributed by atoms with Gasteiger partial charge in [-0.2, -0.15) is 52.7 Å². The van der Waals surface area contributed by atoms with Crippen molar-refractivity contribution < 1.29 is 78.3 Å². The Hall–Kier alpha value is -1.90. The second-order valence-corrected chi connectivity index (χ2v) is 10.2. The van der Waals surface area contributed by atoms with Gasteiger partial charge >= 0.3 is 34.2 Å². The number of hydrogen-bond donors (Lipinski definition) is 1. The van der Waals surface area contributed by atoms with E-state index >= 15 is 0 Å². The Balaban J connectivity index is 3.54. The minimum atomic E-state index is -8.19. The molecule has 1 aromatic rings. The Morgan fingerprint density at radius 2 is 1.06 bits per heavy atom. The zero-order valence-corrected chi connectivity index (χ0v) is 17.5. The number of hydrogen-bond acceptors (Lipinski definition) is 4. The quantitative estimate of drug-likeness (QED) is 0.384. The van der Waals surface area contributed by atoms with Crippen molar-refractivity contribution in [3.8, 4) is 0 Å². The van der Waals surface area contributed by atoms with Gasteiger partial charge in [-0.15, -0.1) is 0 Å². The van der Waals surface area contributed by atoms with Crippen LogP contribution in [-0.2, 0) is 20.0 Å². The standard InChI is InChI=1S/C14H9F14NO4S2/c15-6-9(17,18)11(21,22)13(25,26)34(30,31)29-35(32,33)14(27,28)12(23,24)10(19,20)8(16)7-4-2-1-3-5-7/h1-5,8,29H,6H2. The molecule has 35 heavy (non-hydrogen) atoms. The molecule has 0 aliphatic carbocycles. The first-order valence-corrected chi connectivity index (χ1v) is 11.0. The van der Waals surface area contributed by atoms with Crippen molar-refractivity contribution in [2.45, 2.75) is 40.4 Å². The van der Waals surface area contributed by atoms with Crippen LogP contribution in [0.5, 0.6) is 0 Å². The minimum Gasteiger partial charge on any atom is -0.244 e. The van der Waals surface area contributed by atoms with Crippen molar-refractivity contribution in [3.05, 3.63) is 35.9 Å². The van der Waals surface area contributed by atoms with Crippen LogP contribution in [0.3, 0.4) is 0 Å². The summed E-state index contributed by atoms with van der Waals surface area (Å²) in [4.78, 5) is 0. The third-order valence-electron chi connectivity index (χ3n) is 4.08. The third-order valence-corrected chi connectivity index (χ3v) is 7.70. The van der Waals surface area contributed by atoms with E-state index in [-0.39, 0.29) is 0 Å². The second kappa shape index (κ2) is 8.89. The summed E-state index contributed by atoms with van der Waals surface area (Å²) in [5.41, 5.74) is -1.45. The zero-order valence-electron chi connectivity index (χ0n) is 15.9. The molecular formula is C14H9F14NO4S2. The topological polar surface area (TPSA) is 80.3 Å². The van der Waals surface area contributed by atoms with Gasteiger partial charge in [0.1, 0.15) is 0 Å². The summed E-state index contributed by atoms with van der Waals surface area (Å²) in [6.45, 7) is -3.71. The zero-order chi connectivity index (χ0) is 28.1. The smallest absolute Gasteiger partial charge is 0.244 e. The largest absolute Gasteiger partial charge is 0.427 e. The Labute approximate surface area is 186 Å². The van der Waals surface area contributed by atoms with Crippen LogP contribution in [-0.4, -0.2) is 57.7 Å². The first kappa shape index (κ1) is 31.1. The van der Waals surface area contributed by atoms with Crippen LogP contribution in [0.25, 0.3) is 0 Å². The maximum Gasteiger partial charge on any atom is 0.427 e. The number of benzene rings is 1. The molecule has 1 rings (SSSR count). The van der Waals surface area contributed by atoms with Crippen molar-refractivity contribution in [1.82, 2.24) is 4.13 Å². The molecule has 0 saturated carbocycles. The van der Waals surface area contributed by atoms with Crippen molar-refractivity contribution >= 4 is 20.0 Å². The lowest BCUT2D eigenvalue weighted by atomic mass is 10.00. The summed E-state index contributed by atoms with van der Waals surface area (Å²) in [7, 11) is -16.3. The molecule has 0 aliphatic rings. The molecule has 0 radical (unpaired) electrons. The molecule has 1 atom stereocenters. The lowest BCUT2D eigenvalue weighted by Gasteiger charge is -2.34. The molecule has 0 bridgehead atoms. The summed E-state index contributed by atoms with van der Waals surface area (Å²) in [6.07, 6.45) is -4.44. The van der Waals surface area contributed by atoms with Crippen LogP contribution in [0, 0.1) is 0 Å². The van der Waals surface area contributed by atoms with Gasteiger partial charge in [-0.3, -0.25) is 0 Å². The van der Waals surface area contributed by atoms with E-state index < -0.39 is 76.8 Å². The van der Waals surface area contributed by atoms with Gasteiger partial charge in [0, 0.05) is 0 Å². The second-order valence-electron chi connectivity index (χ2n) is 6.51. The van der Waals surface area contributed by atoms with Gasteiger partial charge in [0.15, 0.2) is 12.8 Å². The lowest BCUT2D eigenvalue weighted by molar-refractivity contribution is -0.300. The predicted octanol–water partition coefficient (Wildman–Crippen LogP) is 4.64. The molecule has 0 aromatic heterocycles. The summed E-state index contributed by atoms with van der Waals surface area (Å²) in [5.74, 6) is -28.2. The van der Waals surface area contributed by atoms with E-state index in [0.29, 0.717) is 12.1 Å². The molecule has 1 aromatic carbocycles. The monoisotopic (exact) mass is 585 g/mol. The summed E-state index contributed by atoms with van der Waals surface area (Å²) < 4.78 is 232. The molecule has 204 valence electrons. The summed E-state index contributed by atoms with van der Waals surface area (Å²) >= 11 is 0. The maximum absolute atomic E-state index is 13.9. The molecule has 21 heteroatoms. The van der Waals surface area contributed by atoms with E-state index in [9.17, 15) is 78.3 Å². The fraction of sp³-hybridized carbons (Fsp3) is 0.571. The SMILES string of the molecule is O=S(=O)(NS(=O)(=O)C(F)(F)C(F)(F)C(F)(F)C(F)c1ccccc1)C(F)(F)C(F)(F)C(F)(F)CF. The molecule has 0 amide bonds. The number of alkyl halides is 14. The average molecular weight is 585 g/mol. The van der Waals surface area contributed by atoms with E-state index in [4.69, 9.17) is 0 Å². The van der Waals surface area contributed by atoms with Gasteiger partial charge in [-0.25, -0.2) is 25.6 Å². The molecule has 0 saturated heterocycles. The van der Waals surface area contributed by atoms with Crippen LogP contribution in [0.15, 0.2) is 30.3 Å². The van der Waals surface area contributed by atoms with Gasteiger partial charge in [0.25, 0.3) is 20.0 Å². The fourth-order valence-electron chi connectivity index (χ4n) is 2.07. The van der Waals surface area contributed by atoms with Gasteiger partial charge in [0.2, 0.25) is 0 Å². The highest BCUT2D eigenvalue weighted by Gasteiger charge is 2.82. The third kappa shape index (κ3) is 4.65. The first-order valence-electron chi connectivity index (χ1n) is 8.08. The first-order chi connectivity index (χ1) is 15.3.